The summed E-state index contributed by atoms with van der Waals surface area (Å²) in [5.41, 5.74) is 3.31. The molecule has 0 bridgehead atoms. The molecule has 0 aliphatic heterocycles. The highest BCUT2D eigenvalue weighted by molar-refractivity contribution is 9.10. The number of thiophene rings is 1. The van der Waals surface area contributed by atoms with E-state index >= 15 is 0 Å². The minimum Gasteiger partial charge on any atom is -0.298 e. The minimum absolute atomic E-state index is 0.0354. The van der Waals surface area contributed by atoms with E-state index in [-0.39, 0.29) is 5.56 Å². The maximum Gasteiger partial charge on any atom is 0.262 e. The lowest BCUT2D eigenvalue weighted by Gasteiger charge is -2.07. The van der Waals surface area contributed by atoms with Crippen LogP contribution in [0.3, 0.4) is 0 Å². The van der Waals surface area contributed by atoms with Gasteiger partial charge in [0, 0.05) is 21.5 Å². The molecule has 0 N–H and O–H groups in total. The van der Waals surface area contributed by atoms with Gasteiger partial charge in [-0.1, -0.05) is 58.4 Å². The molecule has 2 heterocycles. The SMILES string of the molecule is Cc1sc2ncn(CCc3ccccc3)c(=O)c2c1-c1ccc(Br)cc1. The molecular formula is C21H17BrN2OS. The first-order valence-corrected chi connectivity index (χ1v) is 10.0. The molecule has 0 saturated heterocycles. The van der Waals surface area contributed by atoms with E-state index in [4.69, 9.17) is 0 Å². The van der Waals surface area contributed by atoms with E-state index in [0.717, 1.165) is 37.1 Å². The molecule has 0 saturated carbocycles. The number of halogens is 1. The number of aryl methyl sites for hydroxylation is 3. The number of fused-ring (bicyclic) bond motifs is 1. The van der Waals surface area contributed by atoms with E-state index in [1.807, 2.05) is 42.5 Å². The van der Waals surface area contributed by atoms with Crippen molar-refractivity contribution >= 4 is 37.5 Å². The van der Waals surface area contributed by atoms with Crippen molar-refractivity contribution in [2.24, 2.45) is 0 Å². The fourth-order valence-electron chi connectivity index (χ4n) is 3.16. The summed E-state index contributed by atoms with van der Waals surface area (Å²) in [5, 5.41) is 0.727. The first-order chi connectivity index (χ1) is 12.6. The van der Waals surface area contributed by atoms with Gasteiger partial charge in [-0.05, 0) is 36.6 Å². The molecule has 5 heteroatoms. The molecule has 0 amide bonds. The number of aromatic nitrogens is 2. The third-order valence-electron chi connectivity index (χ3n) is 4.47. The van der Waals surface area contributed by atoms with Crippen LogP contribution in [0.5, 0.6) is 0 Å². The molecule has 130 valence electrons. The third-order valence-corrected chi connectivity index (χ3v) is 6.01. The average Bonchev–Trinajstić information content (AvgIpc) is 3.00. The van der Waals surface area contributed by atoms with Crippen LogP contribution in [0, 0.1) is 6.92 Å². The summed E-state index contributed by atoms with van der Waals surface area (Å²) in [5.74, 6) is 0. The van der Waals surface area contributed by atoms with E-state index in [2.05, 4.69) is 40.0 Å². The van der Waals surface area contributed by atoms with E-state index < -0.39 is 0 Å². The van der Waals surface area contributed by atoms with Crippen LogP contribution in [0.1, 0.15) is 10.4 Å². The Bertz CT molecular complexity index is 1110. The molecule has 0 unspecified atom stereocenters. The molecule has 2 aromatic heterocycles. The van der Waals surface area contributed by atoms with Gasteiger partial charge in [0.2, 0.25) is 0 Å². The average molecular weight is 425 g/mol. The summed E-state index contributed by atoms with van der Waals surface area (Å²) in [6, 6.07) is 18.3. The maximum atomic E-state index is 13.1. The van der Waals surface area contributed by atoms with Gasteiger partial charge in [-0.15, -0.1) is 11.3 Å². The molecule has 0 atom stereocenters. The zero-order valence-corrected chi connectivity index (χ0v) is 16.7. The summed E-state index contributed by atoms with van der Waals surface area (Å²) in [6.07, 6.45) is 2.49. The van der Waals surface area contributed by atoms with E-state index in [1.165, 1.54) is 5.56 Å². The van der Waals surface area contributed by atoms with Gasteiger partial charge in [0.15, 0.2) is 0 Å². The predicted molar refractivity (Wildman–Crippen MR) is 112 cm³/mol. The van der Waals surface area contributed by atoms with Crippen LogP contribution in [0.25, 0.3) is 21.3 Å². The maximum absolute atomic E-state index is 13.1. The van der Waals surface area contributed by atoms with E-state index in [0.29, 0.717) is 6.54 Å². The Hall–Kier alpha value is -2.24. The second-order valence-corrected chi connectivity index (χ2v) is 8.32. The number of hydrogen-bond donors (Lipinski definition) is 0. The molecule has 0 radical (unpaired) electrons. The highest BCUT2D eigenvalue weighted by Crippen LogP contribution is 2.35. The van der Waals surface area contributed by atoms with Gasteiger partial charge in [0.1, 0.15) is 4.83 Å². The Balaban J connectivity index is 1.78. The molecule has 2 aromatic carbocycles. The Morgan fingerprint density at radius 3 is 2.54 bits per heavy atom. The molecule has 26 heavy (non-hydrogen) atoms. The lowest BCUT2D eigenvalue weighted by Crippen LogP contribution is -2.21. The van der Waals surface area contributed by atoms with Crippen molar-refractivity contribution in [2.45, 2.75) is 19.9 Å². The van der Waals surface area contributed by atoms with Crippen molar-refractivity contribution in [2.75, 3.05) is 0 Å². The van der Waals surface area contributed by atoms with Crippen molar-refractivity contribution in [3.05, 3.63) is 86.2 Å². The smallest absolute Gasteiger partial charge is 0.262 e. The van der Waals surface area contributed by atoms with Gasteiger partial charge < -0.3 is 0 Å². The quantitative estimate of drug-likeness (QED) is 0.437. The Labute approximate surface area is 164 Å². The fourth-order valence-corrected chi connectivity index (χ4v) is 4.42. The summed E-state index contributed by atoms with van der Waals surface area (Å²) in [6.45, 7) is 2.68. The summed E-state index contributed by atoms with van der Waals surface area (Å²) >= 11 is 5.05. The van der Waals surface area contributed by atoms with Crippen LogP contribution in [0.2, 0.25) is 0 Å². The van der Waals surface area contributed by atoms with Crippen molar-refractivity contribution in [3.63, 3.8) is 0 Å². The van der Waals surface area contributed by atoms with Gasteiger partial charge >= 0.3 is 0 Å². The first kappa shape index (κ1) is 17.2. The summed E-state index contributed by atoms with van der Waals surface area (Å²) in [7, 11) is 0. The fraction of sp³-hybridized carbons (Fsp3) is 0.143. The highest BCUT2D eigenvalue weighted by atomic mass is 79.9. The highest BCUT2D eigenvalue weighted by Gasteiger charge is 2.16. The summed E-state index contributed by atoms with van der Waals surface area (Å²) < 4.78 is 2.75. The van der Waals surface area contributed by atoms with Crippen LogP contribution >= 0.6 is 27.3 Å². The molecule has 0 fully saturated rings. The Morgan fingerprint density at radius 2 is 1.81 bits per heavy atom. The molecular weight excluding hydrogens is 408 g/mol. The van der Waals surface area contributed by atoms with E-state index in [1.54, 1.807) is 22.2 Å². The van der Waals surface area contributed by atoms with Crippen LogP contribution < -0.4 is 5.56 Å². The normalized spacial score (nSPS) is 11.2. The number of rotatable bonds is 4. The standard InChI is InChI=1S/C21H17BrN2OS/c1-14-18(16-7-9-17(22)10-8-16)19-20(26-14)23-13-24(21(19)25)12-11-15-5-3-2-4-6-15/h2-10,13H,11-12H2,1H3. The van der Waals surface area contributed by atoms with Crippen molar-refractivity contribution in [1.29, 1.82) is 0 Å². The van der Waals surface area contributed by atoms with Crippen molar-refractivity contribution in [3.8, 4) is 11.1 Å². The first-order valence-electron chi connectivity index (χ1n) is 8.42. The monoisotopic (exact) mass is 424 g/mol. The molecule has 0 spiro atoms. The molecule has 4 rings (SSSR count). The van der Waals surface area contributed by atoms with Crippen LogP contribution in [-0.4, -0.2) is 9.55 Å². The van der Waals surface area contributed by atoms with Crippen LogP contribution in [0.4, 0.5) is 0 Å². The molecule has 0 aliphatic carbocycles. The minimum atomic E-state index is 0.0354. The van der Waals surface area contributed by atoms with Gasteiger partial charge in [0.25, 0.3) is 5.56 Å². The molecule has 4 aromatic rings. The number of nitrogens with zero attached hydrogens (tertiary/aromatic N) is 2. The Morgan fingerprint density at radius 1 is 1.08 bits per heavy atom. The second kappa shape index (κ2) is 7.17. The third kappa shape index (κ3) is 3.24. The van der Waals surface area contributed by atoms with Gasteiger partial charge in [-0.3, -0.25) is 9.36 Å². The molecule has 3 nitrogen and oxygen atoms in total. The largest absolute Gasteiger partial charge is 0.298 e. The lowest BCUT2D eigenvalue weighted by atomic mass is 10.0. The van der Waals surface area contributed by atoms with Crippen molar-refractivity contribution < 1.29 is 0 Å². The lowest BCUT2D eigenvalue weighted by molar-refractivity contribution is 0.663. The zero-order chi connectivity index (χ0) is 18.1. The van der Waals surface area contributed by atoms with Crippen LogP contribution in [0.15, 0.2) is 70.2 Å². The second-order valence-electron chi connectivity index (χ2n) is 6.20. The number of hydrogen-bond acceptors (Lipinski definition) is 3. The van der Waals surface area contributed by atoms with E-state index in [9.17, 15) is 4.79 Å². The molecule has 0 aliphatic rings. The summed E-state index contributed by atoms with van der Waals surface area (Å²) in [4.78, 5) is 19.6. The van der Waals surface area contributed by atoms with Crippen LogP contribution in [-0.2, 0) is 13.0 Å². The topological polar surface area (TPSA) is 34.9 Å². The van der Waals surface area contributed by atoms with Gasteiger partial charge in [-0.25, -0.2) is 4.98 Å². The zero-order valence-electron chi connectivity index (χ0n) is 14.3. The number of benzene rings is 2. The Kier molecular flexibility index (Phi) is 4.74. The van der Waals surface area contributed by atoms with Gasteiger partial charge in [0.05, 0.1) is 11.7 Å². The predicted octanol–water partition coefficient (Wildman–Crippen LogP) is 5.44. The van der Waals surface area contributed by atoms with Gasteiger partial charge in [-0.2, -0.15) is 0 Å². The van der Waals surface area contributed by atoms with Crippen molar-refractivity contribution in [1.82, 2.24) is 9.55 Å².